The molecule has 1 aromatic rings. The van der Waals surface area contributed by atoms with Crippen molar-refractivity contribution in [2.45, 2.75) is 26.4 Å². The number of H-pyrrole nitrogens is 1. The fourth-order valence-electron chi connectivity index (χ4n) is 2.40. The van der Waals surface area contributed by atoms with E-state index in [1.807, 2.05) is 6.07 Å². The van der Waals surface area contributed by atoms with Gasteiger partial charge < -0.3 is 15.0 Å². The van der Waals surface area contributed by atoms with Crippen LogP contribution in [0.1, 0.15) is 30.8 Å². The predicted molar refractivity (Wildman–Crippen MR) is 65.8 cm³/mol. The highest BCUT2D eigenvalue weighted by atomic mass is 16.5. The predicted octanol–water partition coefficient (Wildman–Crippen LogP) is 1.81. The molecular weight excluding hydrogens is 216 g/mol. The third-order valence-corrected chi connectivity index (χ3v) is 3.29. The molecule has 1 aliphatic heterocycles. The van der Waals surface area contributed by atoms with E-state index in [1.165, 1.54) is 0 Å². The lowest BCUT2D eigenvalue weighted by atomic mass is 9.93. The number of hydrogen-bond acceptors (Lipinski definition) is 2. The van der Waals surface area contributed by atoms with Crippen molar-refractivity contribution in [3.8, 4) is 0 Å². The Morgan fingerprint density at radius 3 is 3.12 bits per heavy atom. The van der Waals surface area contributed by atoms with E-state index >= 15 is 0 Å². The van der Waals surface area contributed by atoms with Gasteiger partial charge in [0.1, 0.15) is 5.69 Å². The van der Waals surface area contributed by atoms with Crippen LogP contribution in [0.4, 0.5) is 0 Å². The van der Waals surface area contributed by atoms with Crippen LogP contribution in [0, 0.1) is 11.8 Å². The molecule has 1 fully saturated rings. The van der Waals surface area contributed by atoms with Crippen LogP contribution in [0.3, 0.4) is 0 Å². The molecule has 4 heteroatoms. The van der Waals surface area contributed by atoms with Gasteiger partial charge in [-0.15, -0.1) is 0 Å². The number of nitrogens with one attached hydrogen (secondary N) is 2. The van der Waals surface area contributed by atoms with Crippen molar-refractivity contribution in [2.24, 2.45) is 11.8 Å². The fraction of sp³-hybridized carbons (Fsp3) is 0.615. The zero-order valence-electron chi connectivity index (χ0n) is 10.4. The zero-order chi connectivity index (χ0) is 12.3. The van der Waals surface area contributed by atoms with Crippen LogP contribution in [-0.4, -0.2) is 30.1 Å². The minimum absolute atomic E-state index is 0.0376. The third-order valence-electron chi connectivity index (χ3n) is 3.29. The average Bonchev–Trinajstić information content (AvgIpc) is 2.96. The van der Waals surface area contributed by atoms with Crippen molar-refractivity contribution in [1.29, 1.82) is 0 Å². The highest BCUT2D eigenvalue weighted by Crippen LogP contribution is 2.26. The van der Waals surface area contributed by atoms with Crippen molar-refractivity contribution in [2.75, 3.05) is 13.2 Å². The number of hydrogen-bond donors (Lipinski definition) is 2. The maximum absolute atomic E-state index is 11.8. The molecule has 0 saturated carbocycles. The molecule has 0 radical (unpaired) electrons. The lowest BCUT2D eigenvalue weighted by molar-refractivity contribution is 0.0533. The Labute approximate surface area is 102 Å². The Bertz CT molecular complexity index is 360. The van der Waals surface area contributed by atoms with E-state index in [0.29, 0.717) is 24.1 Å². The molecular formula is C13H20N2O2. The molecule has 0 spiro atoms. The standard InChI is InChI=1S/C13H20N2O2/c1-9(2)12-10(5-7-17-12)8-15-13(16)11-4-3-6-14-11/h3-4,6,9-10,12,14H,5,7-8H2,1-2H3,(H,15,16)/t10-,12-/m0/s1. The molecule has 2 atom stereocenters. The van der Waals surface area contributed by atoms with Gasteiger partial charge in [-0.1, -0.05) is 13.8 Å². The van der Waals surface area contributed by atoms with Crippen molar-refractivity contribution < 1.29 is 9.53 Å². The first-order chi connectivity index (χ1) is 8.18. The molecule has 94 valence electrons. The largest absolute Gasteiger partial charge is 0.378 e. The normalized spacial score (nSPS) is 24.2. The number of aromatic amines is 1. The first-order valence-electron chi connectivity index (χ1n) is 6.21. The molecule has 0 unspecified atom stereocenters. The van der Waals surface area contributed by atoms with Crippen LogP contribution >= 0.6 is 0 Å². The van der Waals surface area contributed by atoms with Crippen LogP contribution in [0.5, 0.6) is 0 Å². The molecule has 2 rings (SSSR count). The van der Waals surface area contributed by atoms with Gasteiger partial charge in [0.2, 0.25) is 0 Å². The van der Waals surface area contributed by atoms with E-state index in [1.54, 1.807) is 12.3 Å². The summed E-state index contributed by atoms with van der Waals surface area (Å²) in [4.78, 5) is 14.7. The van der Waals surface area contributed by atoms with Gasteiger partial charge in [0.15, 0.2) is 0 Å². The molecule has 1 saturated heterocycles. The summed E-state index contributed by atoms with van der Waals surface area (Å²) in [6.45, 7) is 5.83. The summed E-state index contributed by atoms with van der Waals surface area (Å²) in [6, 6.07) is 3.60. The van der Waals surface area contributed by atoms with Crippen molar-refractivity contribution in [3.63, 3.8) is 0 Å². The summed E-state index contributed by atoms with van der Waals surface area (Å²) in [6.07, 6.45) is 3.07. The van der Waals surface area contributed by atoms with Crippen LogP contribution in [0.25, 0.3) is 0 Å². The Balaban J connectivity index is 1.84. The van der Waals surface area contributed by atoms with Crippen LogP contribution < -0.4 is 5.32 Å². The zero-order valence-corrected chi connectivity index (χ0v) is 10.4. The first kappa shape index (κ1) is 12.2. The lowest BCUT2D eigenvalue weighted by Crippen LogP contribution is -2.35. The van der Waals surface area contributed by atoms with Crippen LogP contribution in [0.15, 0.2) is 18.3 Å². The molecule has 17 heavy (non-hydrogen) atoms. The quantitative estimate of drug-likeness (QED) is 0.837. The van der Waals surface area contributed by atoms with Crippen LogP contribution in [0.2, 0.25) is 0 Å². The number of rotatable bonds is 4. The summed E-state index contributed by atoms with van der Waals surface area (Å²) in [5.74, 6) is 0.906. The van der Waals surface area contributed by atoms with Gasteiger partial charge in [0.25, 0.3) is 5.91 Å². The van der Waals surface area contributed by atoms with Crippen molar-refractivity contribution in [3.05, 3.63) is 24.0 Å². The molecule has 4 nitrogen and oxygen atoms in total. The molecule has 2 heterocycles. The number of amides is 1. The number of carbonyl (C=O) groups excluding carboxylic acids is 1. The molecule has 1 aliphatic rings. The number of aromatic nitrogens is 1. The topological polar surface area (TPSA) is 54.1 Å². The van der Waals surface area contributed by atoms with Crippen molar-refractivity contribution in [1.82, 2.24) is 10.3 Å². The van der Waals surface area contributed by atoms with E-state index in [0.717, 1.165) is 13.0 Å². The van der Waals surface area contributed by atoms with Gasteiger partial charge >= 0.3 is 0 Å². The summed E-state index contributed by atoms with van der Waals surface area (Å²) in [5.41, 5.74) is 0.616. The molecule has 1 aromatic heterocycles. The van der Waals surface area contributed by atoms with E-state index in [-0.39, 0.29) is 12.0 Å². The summed E-state index contributed by atoms with van der Waals surface area (Å²) in [5, 5.41) is 2.96. The molecule has 0 bridgehead atoms. The second-order valence-electron chi connectivity index (χ2n) is 4.92. The van der Waals surface area contributed by atoms with E-state index in [4.69, 9.17) is 4.74 Å². The summed E-state index contributed by atoms with van der Waals surface area (Å²) in [7, 11) is 0. The molecule has 0 aliphatic carbocycles. The second-order valence-corrected chi connectivity index (χ2v) is 4.92. The second kappa shape index (κ2) is 5.36. The summed E-state index contributed by atoms with van der Waals surface area (Å²) < 4.78 is 5.69. The number of carbonyl (C=O) groups is 1. The van der Waals surface area contributed by atoms with E-state index in [9.17, 15) is 4.79 Å². The number of ether oxygens (including phenoxy) is 1. The SMILES string of the molecule is CC(C)[C@@H]1OCC[C@H]1CNC(=O)c1ccc[nH]1. The smallest absolute Gasteiger partial charge is 0.267 e. The molecule has 2 N–H and O–H groups in total. The average molecular weight is 236 g/mol. The maximum atomic E-state index is 11.8. The Kier molecular flexibility index (Phi) is 3.84. The Morgan fingerprint density at radius 2 is 2.47 bits per heavy atom. The van der Waals surface area contributed by atoms with Gasteiger partial charge in [-0.25, -0.2) is 0 Å². The Hall–Kier alpha value is -1.29. The fourth-order valence-corrected chi connectivity index (χ4v) is 2.40. The summed E-state index contributed by atoms with van der Waals surface area (Å²) >= 11 is 0. The Morgan fingerprint density at radius 1 is 1.65 bits per heavy atom. The molecule has 0 aromatic carbocycles. The van der Waals surface area contributed by atoms with Crippen LogP contribution in [-0.2, 0) is 4.74 Å². The van der Waals surface area contributed by atoms with E-state index in [2.05, 4.69) is 24.1 Å². The molecule has 1 amide bonds. The van der Waals surface area contributed by atoms with Crippen molar-refractivity contribution >= 4 is 5.91 Å². The monoisotopic (exact) mass is 236 g/mol. The lowest BCUT2D eigenvalue weighted by Gasteiger charge is -2.22. The van der Waals surface area contributed by atoms with Gasteiger partial charge in [-0.2, -0.15) is 0 Å². The first-order valence-corrected chi connectivity index (χ1v) is 6.21. The minimum Gasteiger partial charge on any atom is -0.378 e. The van der Waals surface area contributed by atoms with Gasteiger partial charge in [-0.3, -0.25) is 4.79 Å². The third kappa shape index (κ3) is 2.88. The minimum atomic E-state index is -0.0376. The van der Waals surface area contributed by atoms with Gasteiger partial charge in [-0.05, 0) is 24.5 Å². The van der Waals surface area contributed by atoms with Gasteiger partial charge in [0.05, 0.1) is 6.10 Å². The highest BCUT2D eigenvalue weighted by Gasteiger charge is 2.30. The maximum Gasteiger partial charge on any atom is 0.267 e. The highest BCUT2D eigenvalue weighted by molar-refractivity contribution is 5.92. The van der Waals surface area contributed by atoms with E-state index < -0.39 is 0 Å². The van der Waals surface area contributed by atoms with Gasteiger partial charge in [0, 0.05) is 25.3 Å².